The zero-order valence-corrected chi connectivity index (χ0v) is 10.2. The predicted molar refractivity (Wildman–Crippen MR) is 63.9 cm³/mol. The average molecular weight is 244 g/mol. The van der Waals surface area contributed by atoms with Crippen molar-refractivity contribution in [1.82, 2.24) is 5.32 Å². The van der Waals surface area contributed by atoms with Crippen LogP contribution < -0.4 is 5.32 Å². The molecule has 1 heterocycles. The Morgan fingerprint density at radius 2 is 2.15 bits per heavy atom. The molecule has 13 heavy (non-hydrogen) atoms. The second-order valence-corrected chi connectivity index (χ2v) is 3.38. The van der Waals surface area contributed by atoms with E-state index in [4.69, 9.17) is 0 Å². The first-order valence-corrected chi connectivity index (χ1v) is 5.47. The van der Waals surface area contributed by atoms with Crippen LogP contribution in [-0.4, -0.2) is 6.54 Å². The molecule has 1 rings (SSSR count). The zero-order valence-electron chi connectivity index (χ0n) is 8.65. The van der Waals surface area contributed by atoms with E-state index in [0.29, 0.717) is 0 Å². The van der Waals surface area contributed by atoms with Crippen molar-refractivity contribution in [3.8, 4) is 0 Å². The summed E-state index contributed by atoms with van der Waals surface area (Å²) in [7, 11) is 0. The van der Waals surface area contributed by atoms with Gasteiger partial charge in [-0.3, -0.25) is 0 Å². The molecule has 0 saturated carbocycles. The normalized spacial score (nSPS) is 16.2. The van der Waals surface area contributed by atoms with Crippen LogP contribution in [-0.2, 0) is 0 Å². The maximum Gasteiger partial charge on any atom is 0.0224 e. The van der Waals surface area contributed by atoms with Gasteiger partial charge in [-0.05, 0) is 25.0 Å². The lowest BCUT2D eigenvalue weighted by Crippen LogP contribution is -2.03. The van der Waals surface area contributed by atoms with Gasteiger partial charge in [0, 0.05) is 16.7 Å². The van der Waals surface area contributed by atoms with Crippen molar-refractivity contribution in [1.29, 1.82) is 0 Å². The Hall–Kier alpha value is -0.500. The third-order valence-electron chi connectivity index (χ3n) is 1.77. The molecule has 0 unspecified atom stereocenters. The van der Waals surface area contributed by atoms with Crippen molar-refractivity contribution >= 4 is 15.9 Å². The summed E-state index contributed by atoms with van der Waals surface area (Å²) < 4.78 is 1.15. The molecule has 1 N–H and O–H groups in total. The maximum absolute atomic E-state index is 3.65. The highest BCUT2D eigenvalue weighted by atomic mass is 79.9. The van der Waals surface area contributed by atoms with Crippen LogP contribution >= 0.6 is 15.9 Å². The number of nitrogens with one attached hydrogen (secondary N) is 1. The van der Waals surface area contributed by atoms with E-state index in [1.807, 2.05) is 19.9 Å². The summed E-state index contributed by atoms with van der Waals surface area (Å²) in [5.74, 6) is 0. The van der Waals surface area contributed by atoms with Gasteiger partial charge in [0.05, 0.1) is 0 Å². The molecule has 0 amide bonds. The molecule has 0 aromatic heterocycles. The van der Waals surface area contributed by atoms with Gasteiger partial charge in [-0.25, -0.2) is 0 Å². The number of hydrogen-bond donors (Lipinski definition) is 1. The third-order valence-corrected chi connectivity index (χ3v) is 2.51. The molecule has 0 spiro atoms. The van der Waals surface area contributed by atoms with Crippen molar-refractivity contribution in [3.05, 3.63) is 34.5 Å². The second-order valence-electron chi connectivity index (χ2n) is 2.53. The Morgan fingerprint density at radius 3 is 2.54 bits per heavy atom. The highest BCUT2D eigenvalue weighted by Crippen LogP contribution is 2.25. The van der Waals surface area contributed by atoms with E-state index < -0.39 is 0 Å². The number of hydrogen-bond acceptors (Lipinski definition) is 1. The van der Waals surface area contributed by atoms with Gasteiger partial charge < -0.3 is 5.32 Å². The van der Waals surface area contributed by atoms with E-state index in [0.717, 1.165) is 17.4 Å². The lowest BCUT2D eigenvalue weighted by atomic mass is 10.2. The van der Waals surface area contributed by atoms with E-state index in [1.165, 1.54) is 11.3 Å². The molecule has 0 bridgehead atoms. The standard InChI is InChI=1S/C9H12BrN.C2H6/c1-3-4-9(10)8-5-6-11-7(8)2;1-2/h3-4,11H,1,5-6H2,2H3;1-2H3/b9-4+;. The second kappa shape index (κ2) is 6.96. The Morgan fingerprint density at radius 1 is 1.54 bits per heavy atom. The van der Waals surface area contributed by atoms with Gasteiger partial charge in [0.1, 0.15) is 0 Å². The minimum Gasteiger partial charge on any atom is -0.388 e. The molecule has 0 atom stereocenters. The summed E-state index contributed by atoms with van der Waals surface area (Å²) in [4.78, 5) is 0. The fraction of sp³-hybridized carbons (Fsp3) is 0.455. The molecule has 74 valence electrons. The van der Waals surface area contributed by atoms with Gasteiger partial charge in [0.2, 0.25) is 0 Å². The summed E-state index contributed by atoms with van der Waals surface area (Å²) in [5, 5.41) is 3.28. The molecule has 0 fully saturated rings. The number of rotatable bonds is 2. The van der Waals surface area contributed by atoms with Crippen molar-refractivity contribution in [2.75, 3.05) is 6.54 Å². The van der Waals surface area contributed by atoms with Crippen LogP contribution in [0, 0.1) is 0 Å². The van der Waals surface area contributed by atoms with Gasteiger partial charge in [-0.15, -0.1) is 0 Å². The molecule has 0 aliphatic carbocycles. The Kier molecular flexibility index (Phi) is 6.69. The molecule has 1 nitrogen and oxygen atoms in total. The van der Waals surface area contributed by atoms with E-state index >= 15 is 0 Å². The number of halogens is 1. The van der Waals surface area contributed by atoms with E-state index in [9.17, 15) is 0 Å². The molecular formula is C11H18BrN. The fourth-order valence-corrected chi connectivity index (χ4v) is 1.85. The van der Waals surface area contributed by atoms with E-state index in [1.54, 1.807) is 6.08 Å². The first-order valence-electron chi connectivity index (χ1n) is 4.68. The molecule has 2 heteroatoms. The van der Waals surface area contributed by atoms with Crippen LogP contribution in [0.15, 0.2) is 34.5 Å². The van der Waals surface area contributed by atoms with Crippen molar-refractivity contribution in [2.45, 2.75) is 27.2 Å². The van der Waals surface area contributed by atoms with Gasteiger partial charge >= 0.3 is 0 Å². The largest absolute Gasteiger partial charge is 0.388 e. The number of allylic oxidation sites excluding steroid dienone is 4. The van der Waals surface area contributed by atoms with Gasteiger partial charge in [-0.2, -0.15) is 0 Å². The monoisotopic (exact) mass is 243 g/mol. The summed E-state index contributed by atoms with van der Waals surface area (Å²) >= 11 is 3.50. The third kappa shape index (κ3) is 3.81. The summed E-state index contributed by atoms with van der Waals surface area (Å²) in [6.45, 7) is 10.8. The average Bonchev–Trinajstić information content (AvgIpc) is 2.55. The van der Waals surface area contributed by atoms with Crippen LogP contribution in [0.1, 0.15) is 27.2 Å². The molecule has 0 radical (unpaired) electrons. The molecular weight excluding hydrogens is 226 g/mol. The van der Waals surface area contributed by atoms with Crippen LogP contribution in [0.5, 0.6) is 0 Å². The van der Waals surface area contributed by atoms with Gasteiger partial charge in [-0.1, -0.05) is 42.4 Å². The highest BCUT2D eigenvalue weighted by molar-refractivity contribution is 9.12. The van der Waals surface area contributed by atoms with Gasteiger partial charge in [0.15, 0.2) is 0 Å². The van der Waals surface area contributed by atoms with Crippen LogP contribution in [0.3, 0.4) is 0 Å². The highest BCUT2D eigenvalue weighted by Gasteiger charge is 2.11. The first-order chi connectivity index (χ1) is 6.25. The van der Waals surface area contributed by atoms with Gasteiger partial charge in [0.25, 0.3) is 0 Å². The quantitative estimate of drug-likeness (QED) is 0.729. The van der Waals surface area contributed by atoms with Crippen molar-refractivity contribution < 1.29 is 0 Å². The van der Waals surface area contributed by atoms with Crippen molar-refractivity contribution in [2.24, 2.45) is 0 Å². The Labute approximate surface area is 89.7 Å². The summed E-state index contributed by atoms with van der Waals surface area (Å²) in [5.41, 5.74) is 2.64. The predicted octanol–water partition coefficient (Wildman–Crippen LogP) is 3.74. The molecule has 0 saturated heterocycles. The van der Waals surface area contributed by atoms with Crippen LogP contribution in [0.25, 0.3) is 0 Å². The van der Waals surface area contributed by atoms with Crippen LogP contribution in [0.4, 0.5) is 0 Å². The minimum atomic E-state index is 1.06. The molecule has 0 aromatic carbocycles. The molecule has 1 aliphatic rings. The Bertz CT molecular complexity index is 226. The lowest BCUT2D eigenvalue weighted by molar-refractivity contribution is 0.874. The smallest absolute Gasteiger partial charge is 0.0224 e. The lowest BCUT2D eigenvalue weighted by Gasteiger charge is -1.99. The topological polar surface area (TPSA) is 12.0 Å². The summed E-state index contributed by atoms with van der Waals surface area (Å²) in [6, 6.07) is 0. The summed E-state index contributed by atoms with van der Waals surface area (Å²) in [6.07, 6.45) is 4.88. The van der Waals surface area contributed by atoms with E-state index in [-0.39, 0.29) is 0 Å². The fourth-order valence-electron chi connectivity index (χ4n) is 1.17. The van der Waals surface area contributed by atoms with Crippen molar-refractivity contribution in [3.63, 3.8) is 0 Å². The zero-order chi connectivity index (χ0) is 10.3. The van der Waals surface area contributed by atoms with E-state index in [2.05, 4.69) is 34.7 Å². The van der Waals surface area contributed by atoms with Crippen LogP contribution in [0.2, 0.25) is 0 Å². The first kappa shape index (κ1) is 12.5. The maximum atomic E-state index is 3.65. The SMILES string of the molecule is C=C/C=C(/Br)C1=C(C)NCC1.CC. The Balaban J connectivity index is 0.000000671. The molecule has 0 aromatic rings. The minimum absolute atomic E-state index is 1.06. The molecule has 1 aliphatic heterocycles.